The van der Waals surface area contributed by atoms with Gasteiger partial charge in [-0.05, 0) is 81.6 Å². The third-order valence-electron chi connectivity index (χ3n) is 5.54. The maximum atomic E-state index is 13.0. The summed E-state index contributed by atoms with van der Waals surface area (Å²) in [6, 6.07) is 13.8. The lowest BCUT2D eigenvalue weighted by molar-refractivity contribution is -0.118. The van der Waals surface area contributed by atoms with E-state index in [0.717, 1.165) is 43.9 Å². The smallest absolute Gasteiger partial charge is 0.162 e. The molecular formula is C24H29ClFNO2. The maximum Gasteiger partial charge on any atom is 0.162 e. The van der Waals surface area contributed by atoms with Crippen molar-refractivity contribution in [1.29, 1.82) is 0 Å². The molecule has 0 aromatic heterocycles. The van der Waals surface area contributed by atoms with Crippen molar-refractivity contribution in [3.63, 3.8) is 0 Å². The molecule has 2 aromatic carbocycles. The normalized spacial score (nSPS) is 16.9. The Labute approximate surface area is 177 Å². The minimum absolute atomic E-state index is 0.0701. The van der Waals surface area contributed by atoms with Crippen LogP contribution in [0, 0.1) is 5.82 Å². The van der Waals surface area contributed by atoms with Crippen LogP contribution in [0.4, 0.5) is 4.39 Å². The summed E-state index contributed by atoms with van der Waals surface area (Å²) in [5.74, 6) is -0.247. The van der Waals surface area contributed by atoms with Crippen molar-refractivity contribution in [3.8, 4) is 0 Å². The summed E-state index contributed by atoms with van der Waals surface area (Å²) in [6.45, 7) is 6.89. The van der Waals surface area contributed by atoms with Crippen LogP contribution in [0.25, 0.3) is 0 Å². The predicted octanol–water partition coefficient (Wildman–Crippen LogP) is 5.86. The first-order valence-corrected chi connectivity index (χ1v) is 10.7. The molecular weight excluding hydrogens is 389 g/mol. The first-order chi connectivity index (χ1) is 13.9. The number of ketones is 1. The van der Waals surface area contributed by atoms with E-state index in [4.69, 9.17) is 16.3 Å². The standard InChI is InChI=1S/C24H29ClFNO2/c1-18(2)29-24(20-7-9-21(25)10-8-20)13-16-27(17-14-24)15-3-4-23(28)19-5-11-22(26)12-6-19/h5-12,18H,3-4,13-17H2,1-2H3. The van der Waals surface area contributed by atoms with Crippen molar-refractivity contribution in [2.45, 2.75) is 51.2 Å². The van der Waals surface area contributed by atoms with Gasteiger partial charge in [0.05, 0.1) is 11.7 Å². The van der Waals surface area contributed by atoms with Gasteiger partial charge in [-0.25, -0.2) is 4.39 Å². The molecule has 0 radical (unpaired) electrons. The van der Waals surface area contributed by atoms with Crippen LogP contribution in [-0.4, -0.2) is 36.4 Å². The number of ether oxygens (including phenoxy) is 1. The van der Waals surface area contributed by atoms with E-state index in [1.54, 1.807) is 12.1 Å². The number of piperidine rings is 1. The van der Waals surface area contributed by atoms with Crippen molar-refractivity contribution in [2.24, 2.45) is 0 Å². The number of Topliss-reactive ketones (excluding diaryl/α,β-unsaturated/α-hetero) is 1. The van der Waals surface area contributed by atoms with E-state index in [0.29, 0.717) is 12.0 Å². The Balaban J connectivity index is 1.53. The fourth-order valence-electron chi connectivity index (χ4n) is 4.06. The number of rotatable bonds is 8. The molecule has 0 amide bonds. The lowest BCUT2D eigenvalue weighted by Gasteiger charge is -2.43. The Kier molecular flexibility index (Phi) is 7.44. The zero-order chi connectivity index (χ0) is 20.9. The molecule has 29 heavy (non-hydrogen) atoms. The minimum Gasteiger partial charge on any atom is -0.368 e. The molecule has 0 N–H and O–H groups in total. The van der Waals surface area contributed by atoms with Crippen LogP contribution in [0.1, 0.15) is 55.5 Å². The largest absolute Gasteiger partial charge is 0.368 e. The summed E-state index contributed by atoms with van der Waals surface area (Å²) < 4.78 is 19.4. The first-order valence-electron chi connectivity index (χ1n) is 10.3. The van der Waals surface area contributed by atoms with Gasteiger partial charge in [0, 0.05) is 30.1 Å². The summed E-state index contributed by atoms with van der Waals surface area (Å²) in [4.78, 5) is 14.7. The second-order valence-electron chi connectivity index (χ2n) is 8.04. The number of likely N-dealkylation sites (tertiary alicyclic amines) is 1. The van der Waals surface area contributed by atoms with Gasteiger partial charge in [0.2, 0.25) is 0 Å². The van der Waals surface area contributed by atoms with Crippen LogP contribution < -0.4 is 0 Å². The third kappa shape index (κ3) is 5.88. The second-order valence-corrected chi connectivity index (χ2v) is 8.48. The molecule has 0 unspecified atom stereocenters. The van der Waals surface area contributed by atoms with Crippen LogP contribution >= 0.6 is 11.6 Å². The van der Waals surface area contributed by atoms with Gasteiger partial charge in [-0.1, -0.05) is 23.7 Å². The van der Waals surface area contributed by atoms with E-state index in [2.05, 4.69) is 30.9 Å². The van der Waals surface area contributed by atoms with E-state index in [-0.39, 0.29) is 23.3 Å². The van der Waals surface area contributed by atoms with Gasteiger partial charge in [-0.15, -0.1) is 0 Å². The summed E-state index contributed by atoms with van der Waals surface area (Å²) in [5.41, 5.74) is 1.48. The Morgan fingerprint density at radius 3 is 2.31 bits per heavy atom. The van der Waals surface area contributed by atoms with Gasteiger partial charge in [-0.2, -0.15) is 0 Å². The molecule has 1 heterocycles. The van der Waals surface area contributed by atoms with Gasteiger partial charge in [0.1, 0.15) is 5.82 Å². The van der Waals surface area contributed by atoms with Crippen molar-refractivity contribution in [2.75, 3.05) is 19.6 Å². The molecule has 3 nitrogen and oxygen atoms in total. The molecule has 0 saturated carbocycles. The summed E-state index contributed by atoms with van der Waals surface area (Å²) in [6.07, 6.45) is 3.25. The quantitative estimate of drug-likeness (QED) is 0.504. The number of nitrogens with zero attached hydrogens (tertiary/aromatic N) is 1. The van der Waals surface area contributed by atoms with E-state index in [1.807, 2.05) is 12.1 Å². The molecule has 0 bridgehead atoms. The number of benzene rings is 2. The predicted molar refractivity (Wildman–Crippen MR) is 115 cm³/mol. The van der Waals surface area contributed by atoms with E-state index < -0.39 is 0 Å². The van der Waals surface area contributed by atoms with Gasteiger partial charge >= 0.3 is 0 Å². The molecule has 0 spiro atoms. The third-order valence-corrected chi connectivity index (χ3v) is 5.79. The SMILES string of the molecule is CC(C)OC1(c2ccc(Cl)cc2)CCN(CCCC(=O)c2ccc(F)cc2)CC1. The molecule has 1 aliphatic rings. The molecule has 156 valence electrons. The minimum atomic E-state index is -0.317. The monoisotopic (exact) mass is 417 g/mol. The van der Waals surface area contributed by atoms with E-state index in [9.17, 15) is 9.18 Å². The molecule has 0 atom stereocenters. The fourth-order valence-corrected chi connectivity index (χ4v) is 4.19. The number of halogens is 2. The molecule has 0 aliphatic carbocycles. The highest BCUT2D eigenvalue weighted by Crippen LogP contribution is 2.38. The number of hydrogen-bond acceptors (Lipinski definition) is 3. The van der Waals surface area contributed by atoms with Gasteiger partial charge in [0.15, 0.2) is 5.78 Å². The highest BCUT2D eigenvalue weighted by molar-refractivity contribution is 6.30. The molecule has 1 aliphatic heterocycles. The van der Waals surface area contributed by atoms with Gasteiger partial charge in [0.25, 0.3) is 0 Å². The molecule has 1 fully saturated rings. The Hall–Kier alpha value is -1.75. The van der Waals surface area contributed by atoms with Gasteiger partial charge in [-0.3, -0.25) is 4.79 Å². The van der Waals surface area contributed by atoms with E-state index >= 15 is 0 Å². The molecule has 5 heteroatoms. The molecule has 1 saturated heterocycles. The zero-order valence-corrected chi connectivity index (χ0v) is 17.9. The second kappa shape index (κ2) is 9.84. The van der Waals surface area contributed by atoms with Crippen LogP contribution in [0.5, 0.6) is 0 Å². The van der Waals surface area contributed by atoms with Crippen LogP contribution in [0.15, 0.2) is 48.5 Å². The molecule has 3 rings (SSSR count). The van der Waals surface area contributed by atoms with Crippen molar-refractivity contribution >= 4 is 17.4 Å². The van der Waals surface area contributed by atoms with Crippen molar-refractivity contribution < 1.29 is 13.9 Å². The zero-order valence-electron chi connectivity index (χ0n) is 17.2. The average Bonchev–Trinajstić information content (AvgIpc) is 2.70. The van der Waals surface area contributed by atoms with E-state index in [1.165, 1.54) is 17.7 Å². The van der Waals surface area contributed by atoms with Crippen LogP contribution in [-0.2, 0) is 10.3 Å². The summed E-state index contributed by atoms with van der Waals surface area (Å²) in [5, 5.41) is 0.733. The summed E-state index contributed by atoms with van der Waals surface area (Å²) in [7, 11) is 0. The maximum absolute atomic E-state index is 13.0. The Morgan fingerprint density at radius 2 is 1.72 bits per heavy atom. The van der Waals surface area contributed by atoms with Crippen LogP contribution in [0.2, 0.25) is 5.02 Å². The number of carbonyl (C=O) groups excluding carboxylic acids is 1. The summed E-state index contributed by atoms with van der Waals surface area (Å²) >= 11 is 6.06. The fraction of sp³-hybridized carbons (Fsp3) is 0.458. The van der Waals surface area contributed by atoms with Crippen LogP contribution in [0.3, 0.4) is 0 Å². The first kappa shape index (κ1) is 21.9. The van der Waals surface area contributed by atoms with Gasteiger partial charge < -0.3 is 9.64 Å². The Morgan fingerprint density at radius 1 is 1.10 bits per heavy atom. The molecule has 2 aromatic rings. The highest BCUT2D eigenvalue weighted by atomic mass is 35.5. The lowest BCUT2D eigenvalue weighted by Crippen LogP contribution is -2.45. The lowest BCUT2D eigenvalue weighted by atomic mass is 9.83. The Bertz CT molecular complexity index is 797. The van der Waals surface area contributed by atoms with Crippen molar-refractivity contribution in [3.05, 3.63) is 70.5 Å². The highest BCUT2D eigenvalue weighted by Gasteiger charge is 2.37. The number of carbonyl (C=O) groups is 1. The van der Waals surface area contributed by atoms with Crippen molar-refractivity contribution in [1.82, 2.24) is 4.90 Å². The topological polar surface area (TPSA) is 29.5 Å². The average molecular weight is 418 g/mol. The number of hydrogen-bond donors (Lipinski definition) is 0.